The van der Waals surface area contributed by atoms with Crippen LogP contribution in [0.25, 0.3) is 0 Å². The van der Waals surface area contributed by atoms with Crippen LogP contribution in [0.1, 0.15) is 32.6 Å². The molecule has 0 bridgehead atoms. The second kappa shape index (κ2) is 3.46. The number of carbonyl (C=O) groups is 2. The Morgan fingerprint density at radius 3 is 2.46 bits per heavy atom. The summed E-state index contributed by atoms with van der Waals surface area (Å²) in [4.78, 5) is 21.6. The molecule has 4 heteroatoms. The van der Waals surface area contributed by atoms with Crippen molar-refractivity contribution >= 4 is 11.8 Å². The van der Waals surface area contributed by atoms with Gasteiger partial charge in [0.05, 0.1) is 0 Å². The van der Waals surface area contributed by atoms with Crippen LogP contribution in [0.3, 0.4) is 0 Å². The van der Waals surface area contributed by atoms with E-state index >= 15 is 0 Å². The number of ketones is 1. The van der Waals surface area contributed by atoms with Crippen LogP contribution in [0.15, 0.2) is 0 Å². The van der Waals surface area contributed by atoms with Crippen molar-refractivity contribution in [2.24, 2.45) is 5.92 Å². The van der Waals surface area contributed by atoms with Gasteiger partial charge in [0.15, 0.2) is 0 Å². The van der Waals surface area contributed by atoms with Crippen LogP contribution < -0.4 is 0 Å². The molecule has 1 aliphatic rings. The highest BCUT2D eigenvalue weighted by Gasteiger charge is 2.45. The number of hydrogen-bond donors (Lipinski definition) is 2. The molecule has 0 saturated heterocycles. The topological polar surface area (TPSA) is 74.6 Å². The summed E-state index contributed by atoms with van der Waals surface area (Å²) in [5, 5.41) is 18.4. The molecule has 1 aliphatic carbocycles. The first-order valence-electron chi connectivity index (χ1n) is 4.48. The molecule has 2 atom stereocenters. The maximum absolute atomic E-state index is 11.2. The zero-order chi connectivity index (χ0) is 10.1. The molecule has 0 aromatic rings. The third-order valence-corrected chi connectivity index (χ3v) is 2.85. The van der Waals surface area contributed by atoms with E-state index < -0.39 is 17.4 Å². The Hall–Kier alpha value is -0.900. The average Bonchev–Trinajstić information content (AvgIpc) is 2.09. The highest BCUT2D eigenvalue weighted by atomic mass is 16.4. The Morgan fingerprint density at radius 1 is 1.38 bits per heavy atom. The van der Waals surface area contributed by atoms with E-state index in [9.17, 15) is 14.7 Å². The highest BCUT2D eigenvalue weighted by molar-refractivity contribution is 6.36. The lowest BCUT2D eigenvalue weighted by atomic mass is 9.74. The van der Waals surface area contributed by atoms with Crippen LogP contribution in [0, 0.1) is 5.92 Å². The van der Waals surface area contributed by atoms with Gasteiger partial charge < -0.3 is 10.2 Å². The molecule has 0 radical (unpaired) electrons. The molecule has 0 unspecified atom stereocenters. The van der Waals surface area contributed by atoms with E-state index in [0.717, 1.165) is 19.3 Å². The van der Waals surface area contributed by atoms with Crippen molar-refractivity contribution in [1.82, 2.24) is 0 Å². The SMILES string of the molecule is C[C@H]1CCCC[C@]1(O)C(=O)C(=O)O. The van der Waals surface area contributed by atoms with Gasteiger partial charge >= 0.3 is 5.97 Å². The monoisotopic (exact) mass is 186 g/mol. The Morgan fingerprint density at radius 2 is 2.00 bits per heavy atom. The van der Waals surface area contributed by atoms with Gasteiger partial charge in [-0.15, -0.1) is 0 Å². The molecule has 74 valence electrons. The highest BCUT2D eigenvalue weighted by Crippen LogP contribution is 2.34. The third-order valence-electron chi connectivity index (χ3n) is 2.85. The van der Waals surface area contributed by atoms with Crippen LogP contribution in [0.4, 0.5) is 0 Å². The molecule has 1 fully saturated rings. The second-order valence-corrected chi connectivity index (χ2v) is 3.71. The van der Waals surface area contributed by atoms with Crippen molar-refractivity contribution < 1.29 is 19.8 Å². The molecule has 0 aromatic carbocycles. The number of carbonyl (C=O) groups excluding carboxylic acids is 1. The summed E-state index contributed by atoms with van der Waals surface area (Å²) < 4.78 is 0. The zero-order valence-corrected chi connectivity index (χ0v) is 7.62. The van der Waals surface area contributed by atoms with Crippen LogP contribution in [0.5, 0.6) is 0 Å². The minimum atomic E-state index is -1.62. The van der Waals surface area contributed by atoms with Gasteiger partial charge in [-0.1, -0.05) is 19.8 Å². The van der Waals surface area contributed by atoms with Gasteiger partial charge in [0.25, 0.3) is 5.78 Å². The van der Waals surface area contributed by atoms with E-state index in [-0.39, 0.29) is 12.3 Å². The summed E-state index contributed by atoms with van der Waals surface area (Å²) >= 11 is 0. The summed E-state index contributed by atoms with van der Waals surface area (Å²) in [6.45, 7) is 1.72. The smallest absolute Gasteiger partial charge is 0.375 e. The summed E-state index contributed by atoms with van der Waals surface area (Å²) in [7, 11) is 0. The van der Waals surface area contributed by atoms with Gasteiger partial charge in [0.1, 0.15) is 5.60 Å². The molecular weight excluding hydrogens is 172 g/mol. The molecule has 2 N–H and O–H groups in total. The number of aliphatic hydroxyl groups is 1. The molecule has 13 heavy (non-hydrogen) atoms. The molecule has 1 saturated carbocycles. The Bertz CT molecular complexity index is 236. The van der Waals surface area contributed by atoms with Crippen LogP contribution in [-0.2, 0) is 9.59 Å². The lowest BCUT2D eigenvalue weighted by molar-refractivity contribution is -0.164. The summed E-state index contributed by atoms with van der Waals surface area (Å²) in [5.74, 6) is -2.83. The van der Waals surface area contributed by atoms with Crippen LogP contribution in [-0.4, -0.2) is 27.6 Å². The lowest BCUT2D eigenvalue weighted by Crippen LogP contribution is -2.49. The molecular formula is C9H14O4. The number of rotatable bonds is 2. The molecule has 1 rings (SSSR count). The first-order valence-corrected chi connectivity index (χ1v) is 4.48. The van der Waals surface area contributed by atoms with E-state index in [1.54, 1.807) is 6.92 Å². The fourth-order valence-corrected chi connectivity index (χ4v) is 1.85. The standard InChI is InChI=1S/C9H14O4/c1-6-4-2-3-5-9(6,13)7(10)8(11)12/h6,13H,2-5H2,1H3,(H,11,12)/t6-,9+/m0/s1. The zero-order valence-electron chi connectivity index (χ0n) is 7.62. The van der Waals surface area contributed by atoms with Crippen molar-refractivity contribution in [2.45, 2.75) is 38.2 Å². The quantitative estimate of drug-likeness (QED) is 0.618. The fraction of sp³-hybridized carbons (Fsp3) is 0.778. The fourth-order valence-electron chi connectivity index (χ4n) is 1.85. The largest absolute Gasteiger partial charge is 0.475 e. The molecule has 4 nitrogen and oxygen atoms in total. The molecule has 0 aliphatic heterocycles. The van der Waals surface area contributed by atoms with Gasteiger partial charge in [0.2, 0.25) is 0 Å². The van der Waals surface area contributed by atoms with Gasteiger partial charge in [-0.2, -0.15) is 0 Å². The molecule has 0 amide bonds. The van der Waals surface area contributed by atoms with Crippen molar-refractivity contribution in [3.8, 4) is 0 Å². The molecule has 0 spiro atoms. The maximum atomic E-state index is 11.2. The van der Waals surface area contributed by atoms with Crippen molar-refractivity contribution in [3.05, 3.63) is 0 Å². The predicted octanol–water partition coefficient (Wildman–Crippen LogP) is 0.581. The first-order chi connectivity index (χ1) is 5.98. The molecule has 0 aromatic heterocycles. The number of hydrogen-bond acceptors (Lipinski definition) is 3. The Kier molecular flexibility index (Phi) is 2.71. The minimum absolute atomic E-state index is 0.246. The first kappa shape index (κ1) is 10.2. The number of aliphatic carboxylic acids is 1. The van der Waals surface area contributed by atoms with Crippen molar-refractivity contribution in [1.29, 1.82) is 0 Å². The Balaban J connectivity index is 2.83. The number of Topliss-reactive ketones (excluding diaryl/α,β-unsaturated/α-hetero) is 1. The van der Waals surface area contributed by atoms with Gasteiger partial charge in [0, 0.05) is 0 Å². The van der Waals surface area contributed by atoms with Gasteiger partial charge in [-0.05, 0) is 18.8 Å². The number of carboxylic acid groups (broad SMARTS) is 1. The van der Waals surface area contributed by atoms with E-state index in [1.807, 2.05) is 0 Å². The summed E-state index contributed by atoms with van der Waals surface area (Å²) in [5.41, 5.74) is -1.62. The second-order valence-electron chi connectivity index (χ2n) is 3.71. The van der Waals surface area contributed by atoms with E-state index in [4.69, 9.17) is 5.11 Å². The van der Waals surface area contributed by atoms with Crippen LogP contribution in [0.2, 0.25) is 0 Å². The van der Waals surface area contributed by atoms with Crippen molar-refractivity contribution in [2.75, 3.05) is 0 Å². The maximum Gasteiger partial charge on any atom is 0.375 e. The van der Waals surface area contributed by atoms with Crippen molar-refractivity contribution in [3.63, 3.8) is 0 Å². The Labute approximate surface area is 76.6 Å². The van der Waals surface area contributed by atoms with E-state index in [1.165, 1.54) is 0 Å². The lowest BCUT2D eigenvalue weighted by Gasteiger charge is -2.35. The van der Waals surface area contributed by atoms with E-state index in [2.05, 4.69) is 0 Å². The summed E-state index contributed by atoms with van der Waals surface area (Å²) in [6.07, 6.45) is 2.67. The third kappa shape index (κ3) is 1.72. The number of carboxylic acids is 1. The molecule has 0 heterocycles. The van der Waals surface area contributed by atoms with Crippen LogP contribution >= 0.6 is 0 Å². The average molecular weight is 186 g/mol. The van der Waals surface area contributed by atoms with Gasteiger partial charge in [-0.3, -0.25) is 4.79 Å². The summed E-state index contributed by atoms with van der Waals surface area (Å²) in [6, 6.07) is 0. The predicted molar refractivity (Wildman–Crippen MR) is 45.2 cm³/mol. The van der Waals surface area contributed by atoms with Gasteiger partial charge in [-0.25, -0.2) is 4.79 Å². The minimum Gasteiger partial charge on any atom is -0.475 e. The normalized spacial score (nSPS) is 34.2. The van der Waals surface area contributed by atoms with E-state index in [0.29, 0.717) is 0 Å².